The van der Waals surface area contributed by atoms with E-state index in [2.05, 4.69) is 15.6 Å². The number of carbonyl (C=O) groups excluding carboxylic acids is 1. The van der Waals surface area contributed by atoms with E-state index in [1.54, 1.807) is 24.5 Å². The third-order valence-electron chi connectivity index (χ3n) is 3.36. The van der Waals surface area contributed by atoms with Crippen LogP contribution in [0.5, 0.6) is 0 Å². The quantitative estimate of drug-likeness (QED) is 0.765. The van der Waals surface area contributed by atoms with Crippen LogP contribution >= 0.6 is 0 Å². The number of amides is 2. The summed E-state index contributed by atoms with van der Waals surface area (Å²) in [5, 5.41) is 15.6. The lowest BCUT2D eigenvalue weighted by Crippen LogP contribution is -2.42. The van der Waals surface area contributed by atoms with Gasteiger partial charge in [-0.25, -0.2) is 4.79 Å². The second-order valence-corrected chi connectivity index (χ2v) is 5.29. The number of aliphatic hydroxyl groups excluding tert-OH is 1. The molecule has 3 N–H and O–H groups in total. The molecule has 0 aromatic carbocycles. The van der Waals surface area contributed by atoms with Gasteiger partial charge in [0.25, 0.3) is 0 Å². The molecule has 0 spiro atoms. The summed E-state index contributed by atoms with van der Waals surface area (Å²) < 4.78 is 5.14. The number of nitrogens with zero attached hydrogens (tertiary/aromatic N) is 1. The number of urea groups is 1. The van der Waals surface area contributed by atoms with Crippen molar-refractivity contribution >= 4 is 6.03 Å². The van der Waals surface area contributed by atoms with Crippen LogP contribution in [0.3, 0.4) is 0 Å². The Morgan fingerprint density at radius 1 is 1.32 bits per heavy atom. The van der Waals surface area contributed by atoms with Crippen molar-refractivity contribution in [3.8, 4) is 0 Å². The van der Waals surface area contributed by atoms with Gasteiger partial charge in [0, 0.05) is 24.9 Å². The Morgan fingerprint density at radius 2 is 2.14 bits per heavy atom. The van der Waals surface area contributed by atoms with Crippen LogP contribution in [0.2, 0.25) is 0 Å². The van der Waals surface area contributed by atoms with E-state index < -0.39 is 6.10 Å². The largest absolute Gasteiger partial charge is 0.467 e. The van der Waals surface area contributed by atoms with Crippen LogP contribution < -0.4 is 10.6 Å². The fourth-order valence-corrected chi connectivity index (χ4v) is 2.17. The minimum atomic E-state index is -0.735. The van der Waals surface area contributed by atoms with E-state index in [9.17, 15) is 9.90 Å². The maximum Gasteiger partial charge on any atom is 0.315 e. The van der Waals surface area contributed by atoms with Gasteiger partial charge in [-0.15, -0.1) is 0 Å². The van der Waals surface area contributed by atoms with Crippen molar-refractivity contribution in [2.75, 3.05) is 0 Å². The van der Waals surface area contributed by atoms with Gasteiger partial charge in [-0.3, -0.25) is 4.98 Å². The van der Waals surface area contributed by atoms with Gasteiger partial charge < -0.3 is 20.2 Å². The van der Waals surface area contributed by atoms with Gasteiger partial charge >= 0.3 is 6.03 Å². The van der Waals surface area contributed by atoms with Gasteiger partial charge in [-0.1, -0.05) is 6.07 Å². The highest BCUT2D eigenvalue weighted by molar-refractivity contribution is 5.74. The molecular weight excluding hydrogens is 282 g/mol. The van der Waals surface area contributed by atoms with E-state index in [1.807, 2.05) is 26.0 Å². The van der Waals surface area contributed by atoms with Crippen LogP contribution in [-0.4, -0.2) is 22.2 Å². The topological polar surface area (TPSA) is 87.4 Å². The number of aromatic nitrogens is 1. The maximum atomic E-state index is 12.0. The molecule has 0 radical (unpaired) electrons. The summed E-state index contributed by atoms with van der Waals surface area (Å²) in [6.45, 7) is 3.72. The van der Waals surface area contributed by atoms with E-state index >= 15 is 0 Å². The van der Waals surface area contributed by atoms with Gasteiger partial charge in [0.2, 0.25) is 0 Å². The summed E-state index contributed by atoms with van der Waals surface area (Å²) in [4.78, 5) is 16.0. The Labute approximate surface area is 129 Å². The smallest absolute Gasteiger partial charge is 0.315 e. The average molecular weight is 303 g/mol. The highest BCUT2D eigenvalue weighted by Gasteiger charge is 2.17. The molecule has 0 unspecified atom stereocenters. The van der Waals surface area contributed by atoms with Crippen molar-refractivity contribution in [1.82, 2.24) is 15.6 Å². The summed E-state index contributed by atoms with van der Waals surface area (Å²) in [7, 11) is 0. The molecule has 0 saturated heterocycles. The van der Waals surface area contributed by atoms with Crippen LogP contribution in [0.1, 0.15) is 43.7 Å². The van der Waals surface area contributed by atoms with Crippen molar-refractivity contribution < 1.29 is 14.3 Å². The lowest BCUT2D eigenvalue weighted by Gasteiger charge is -2.19. The molecule has 2 aromatic rings. The second-order valence-electron chi connectivity index (χ2n) is 5.29. The van der Waals surface area contributed by atoms with Crippen LogP contribution in [0.15, 0.2) is 47.3 Å². The zero-order chi connectivity index (χ0) is 15.9. The molecule has 0 fully saturated rings. The predicted octanol–water partition coefficient (Wildman–Crippen LogP) is 2.55. The molecule has 0 bridgehead atoms. The molecule has 2 aromatic heterocycles. The Kier molecular flexibility index (Phi) is 5.55. The fourth-order valence-electron chi connectivity index (χ4n) is 2.17. The van der Waals surface area contributed by atoms with E-state index in [4.69, 9.17) is 4.42 Å². The predicted molar refractivity (Wildman–Crippen MR) is 82.1 cm³/mol. The van der Waals surface area contributed by atoms with Crippen molar-refractivity contribution in [3.63, 3.8) is 0 Å². The minimum absolute atomic E-state index is 0.143. The lowest BCUT2D eigenvalue weighted by molar-refractivity contribution is 0.129. The monoisotopic (exact) mass is 303 g/mol. The molecule has 0 aliphatic heterocycles. The standard InChI is InChI=1S/C16H21N3O3/c1-11(9-14(20)15-6-4-8-22-15)18-16(21)19-12(2)13-5-3-7-17-10-13/h3-8,10-12,14,20H,9H2,1-2H3,(H2,18,19,21)/t11-,12-,14-/m1/s1. The first-order valence-corrected chi connectivity index (χ1v) is 7.24. The van der Waals surface area contributed by atoms with E-state index in [0.717, 1.165) is 5.56 Å². The number of furan rings is 1. The third-order valence-corrected chi connectivity index (χ3v) is 3.36. The molecule has 22 heavy (non-hydrogen) atoms. The van der Waals surface area contributed by atoms with Crippen molar-refractivity contribution in [3.05, 3.63) is 54.2 Å². The number of carbonyl (C=O) groups is 1. The van der Waals surface area contributed by atoms with Gasteiger partial charge in [0.1, 0.15) is 11.9 Å². The Hall–Kier alpha value is -2.34. The highest BCUT2D eigenvalue weighted by atomic mass is 16.4. The number of hydrogen-bond donors (Lipinski definition) is 3. The summed E-state index contributed by atoms with van der Waals surface area (Å²) in [6, 6.07) is 6.55. The molecular formula is C16H21N3O3. The molecule has 0 aliphatic carbocycles. The van der Waals surface area contributed by atoms with E-state index in [0.29, 0.717) is 12.2 Å². The van der Waals surface area contributed by atoms with E-state index in [1.165, 1.54) is 6.26 Å². The van der Waals surface area contributed by atoms with Crippen LogP contribution in [0.25, 0.3) is 0 Å². The zero-order valence-corrected chi connectivity index (χ0v) is 12.7. The van der Waals surface area contributed by atoms with Crippen molar-refractivity contribution in [2.45, 2.75) is 38.5 Å². The van der Waals surface area contributed by atoms with Gasteiger partial charge in [-0.2, -0.15) is 0 Å². The molecule has 3 atom stereocenters. The highest BCUT2D eigenvalue weighted by Crippen LogP contribution is 2.18. The Balaban J connectivity index is 1.79. The van der Waals surface area contributed by atoms with Gasteiger partial charge in [-0.05, 0) is 37.6 Å². The lowest BCUT2D eigenvalue weighted by atomic mass is 10.1. The Bertz CT molecular complexity index is 572. The minimum Gasteiger partial charge on any atom is -0.467 e. The third kappa shape index (κ3) is 4.60. The average Bonchev–Trinajstić information content (AvgIpc) is 3.02. The summed E-state index contributed by atoms with van der Waals surface area (Å²) >= 11 is 0. The number of pyridine rings is 1. The molecule has 2 rings (SSSR count). The van der Waals surface area contributed by atoms with Crippen LogP contribution in [0.4, 0.5) is 4.79 Å². The molecule has 0 aliphatic rings. The molecule has 0 saturated carbocycles. The number of nitrogens with one attached hydrogen (secondary N) is 2. The van der Waals surface area contributed by atoms with Crippen LogP contribution in [-0.2, 0) is 0 Å². The first kappa shape index (κ1) is 16.0. The summed E-state index contributed by atoms with van der Waals surface area (Å²) in [5.41, 5.74) is 0.931. The Morgan fingerprint density at radius 3 is 2.77 bits per heavy atom. The summed E-state index contributed by atoms with van der Waals surface area (Å²) in [5.74, 6) is 0.498. The number of hydrogen-bond acceptors (Lipinski definition) is 4. The number of aliphatic hydroxyl groups is 1. The SMILES string of the molecule is C[C@H](C[C@@H](O)c1ccco1)NC(=O)N[C@H](C)c1cccnc1. The molecule has 2 amide bonds. The van der Waals surface area contributed by atoms with Crippen molar-refractivity contribution in [2.24, 2.45) is 0 Å². The normalized spacial score (nSPS) is 14.9. The number of rotatable bonds is 6. The van der Waals surface area contributed by atoms with Gasteiger partial charge in [0.05, 0.1) is 12.3 Å². The molecule has 6 nitrogen and oxygen atoms in total. The zero-order valence-electron chi connectivity index (χ0n) is 12.7. The summed E-state index contributed by atoms with van der Waals surface area (Å²) in [6.07, 6.45) is 4.56. The van der Waals surface area contributed by atoms with Gasteiger partial charge in [0.15, 0.2) is 0 Å². The second kappa shape index (κ2) is 7.61. The molecule has 118 valence electrons. The maximum absolute atomic E-state index is 12.0. The molecule has 6 heteroatoms. The first-order valence-electron chi connectivity index (χ1n) is 7.24. The van der Waals surface area contributed by atoms with Crippen molar-refractivity contribution in [1.29, 1.82) is 0 Å². The molecule has 2 heterocycles. The van der Waals surface area contributed by atoms with Crippen LogP contribution in [0, 0.1) is 0 Å². The first-order chi connectivity index (χ1) is 10.6. The van der Waals surface area contributed by atoms with E-state index in [-0.39, 0.29) is 18.1 Å². The fraction of sp³-hybridized carbons (Fsp3) is 0.375.